The number of hydrogen-bond acceptors (Lipinski definition) is 3. The normalized spacial score (nSPS) is 11.1. The molecule has 2 rings (SSSR count). The van der Waals surface area contributed by atoms with Crippen molar-refractivity contribution in [1.29, 1.82) is 0 Å². The van der Waals surface area contributed by atoms with Gasteiger partial charge in [-0.1, -0.05) is 30.3 Å². The Bertz CT molecular complexity index is 716. The van der Waals surface area contributed by atoms with Crippen molar-refractivity contribution in [2.75, 3.05) is 18.5 Å². The van der Waals surface area contributed by atoms with Crippen LogP contribution in [0.25, 0.3) is 10.8 Å². The van der Waals surface area contributed by atoms with Crippen LogP contribution < -0.4 is 10.6 Å². The van der Waals surface area contributed by atoms with Crippen molar-refractivity contribution >= 4 is 28.5 Å². The maximum Gasteiger partial charge on any atom is 0.422 e. The van der Waals surface area contributed by atoms with Crippen molar-refractivity contribution in [1.82, 2.24) is 5.32 Å². The van der Waals surface area contributed by atoms with Gasteiger partial charge in [-0.05, 0) is 22.9 Å². The first-order chi connectivity index (χ1) is 10.8. The highest BCUT2D eigenvalue weighted by atomic mass is 19.4. The van der Waals surface area contributed by atoms with Crippen LogP contribution >= 0.6 is 0 Å². The van der Waals surface area contributed by atoms with Gasteiger partial charge in [0.05, 0.1) is 0 Å². The number of ether oxygens (including phenoxy) is 1. The molecule has 2 amide bonds. The van der Waals surface area contributed by atoms with E-state index in [9.17, 15) is 22.8 Å². The maximum atomic E-state index is 11.8. The second-order valence-corrected chi connectivity index (χ2v) is 4.65. The van der Waals surface area contributed by atoms with Gasteiger partial charge >= 0.3 is 12.3 Å². The predicted molar refractivity (Wildman–Crippen MR) is 78.0 cm³/mol. The Hall–Kier alpha value is -2.77. The van der Waals surface area contributed by atoms with E-state index in [1.54, 1.807) is 12.1 Å². The first-order valence-corrected chi connectivity index (χ1v) is 6.59. The molecule has 0 spiro atoms. The Kier molecular flexibility index (Phi) is 5.05. The third-order valence-electron chi connectivity index (χ3n) is 2.79. The topological polar surface area (TPSA) is 67.4 Å². The molecule has 2 aromatic carbocycles. The van der Waals surface area contributed by atoms with E-state index in [4.69, 9.17) is 0 Å². The lowest BCUT2D eigenvalue weighted by atomic mass is 10.1. The van der Waals surface area contributed by atoms with Gasteiger partial charge in [-0.15, -0.1) is 0 Å². The summed E-state index contributed by atoms with van der Waals surface area (Å²) < 4.78 is 39.4. The Morgan fingerprint density at radius 2 is 1.74 bits per heavy atom. The Labute approximate surface area is 129 Å². The summed E-state index contributed by atoms with van der Waals surface area (Å²) in [5.74, 6) is -0.579. The molecule has 0 fully saturated rings. The summed E-state index contributed by atoms with van der Waals surface area (Å²) in [5, 5.41) is 6.39. The third kappa shape index (κ3) is 5.50. The predicted octanol–water partition coefficient (Wildman–Crippen LogP) is 3.07. The molecule has 2 N–H and O–H groups in total. The van der Waals surface area contributed by atoms with Crippen LogP contribution in [0.3, 0.4) is 0 Å². The number of alkyl halides is 3. The van der Waals surface area contributed by atoms with Crippen LogP contribution in [0.4, 0.5) is 23.7 Å². The van der Waals surface area contributed by atoms with Gasteiger partial charge in [0.2, 0.25) is 5.91 Å². The van der Waals surface area contributed by atoms with Crippen LogP contribution in [-0.2, 0) is 9.53 Å². The molecule has 0 saturated heterocycles. The Morgan fingerprint density at radius 1 is 1.04 bits per heavy atom. The van der Waals surface area contributed by atoms with Gasteiger partial charge < -0.3 is 15.4 Å². The standard InChI is InChI=1S/C15H13F3N2O3/c16-15(17,18)9-23-14(22)19-8-13(21)20-12-6-5-10-3-1-2-4-11(10)7-12/h1-7H,8-9H2,(H,19,22)(H,20,21). The monoisotopic (exact) mass is 326 g/mol. The van der Waals surface area contributed by atoms with E-state index in [-0.39, 0.29) is 0 Å². The van der Waals surface area contributed by atoms with Gasteiger partial charge in [0.25, 0.3) is 0 Å². The first-order valence-electron chi connectivity index (χ1n) is 6.59. The molecule has 0 aliphatic carbocycles. The summed E-state index contributed by atoms with van der Waals surface area (Å²) in [4.78, 5) is 22.7. The second-order valence-electron chi connectivity index (χ2n) is 4.65. The molecule has 0 aliphatic rings. The number of alkyl carbamates (subject to hydrolysis) is 1. The molecule has 122 valence electrons. The second kappa shape index (κ2) is 6.99. The lowest BCUT2D eigenvalue weighted by molar-refractivity contribution is -0.160. The molecule has 0 radical (unpaired) electrons. The summed E-state index contributed by atoms with van der Waals surface area (Å²) in [6, 6.07) is 12.8. The van der Waals surface area contributed by atoms with Crippen molar-refractivity contribution < 1.29 is 27.5 Å². The molecule has 5 nitrogen and oxygen atoms in total. The van der Waals surface area contributed by atoms with Crippen LogP contribution in [0.1, 0.15) is 0 Å². The number of hydrogen-bond donors (Lipinski definition) is 2. The average molecular weight is 326 g/mol. The summed E-state index contributed by atoms with van der Waals surface area (Å²) >= 11 is 0. The van der Waals surface area contributed by atoms with Crippen molar-refractivity contribution in [2.45, 2.75) is 6.18 Å². The van der Waals surface area contributed by atoms with Gasteiger partial charge in [-0.3, -0.25) is 4.79 Å². The van der Waals surface area contributed by atoms with Crippen LogP contribution in [0.15, 0.2) is 42.5 Å². The number of nitrogens with one attached hydrogen (secondary N) is 2. The maximum absolute atomic E-state index is 11.8. The average Bonchev–Trinajstić information content (AvgIpc) is 2.50. The van der Waals surface area contributed by atoms with Gasteiger partial charge in [-0.2, -0.15) is 13.2 Å². The zero-order chi connectivity index (χ0) is 16.9. The molecule has 0 bridgehead atoms. The number of anilines is 1. The van der Waals surface area contributed by atoms with Crippen LogP contribution in [0.5, 0.6) is 0 Å². The lowest BCUT2D eigenvalue weighted by Crippen LogP contribution is -2.35. The largest absolute Gasteiger partial charge is 0.440 e. The molecule has 0 saturated carbocycles. The van der Waals surface area contributed by atoms with Crippen LogP contribution in [0.2, 0.25) is 0 Å². The molecule has 0 unspecified atom stereocenters. The zero-order valence-corrected chi connectivity index (χ0v) is 11.8. The van der Waals surface area contributed by atoms with E-state index in [1.807, 2.05) is 35.6 Å². The van der Waals surface area contributed by atoms with E-state index in [2.05, 4.69) is 10.1 Å². The van der Waals surface area contributed by atoms with Crippen molar-refractivity contribution in [2.24, 2.45) is 0 Å². The van der Waals surface area contributed by atoms with Gasteiger partial charge in [0, 0.05) is 5.69 Å². The minimum atomic E-state index is -4.61. The van der Waals surface area contributed by atoms with Gasteiger partial charge in [-0.25, -0.2) is 4.79 Å². The number of carbonyl (C=O) groups is 2. The number of halogens is 3. The smallest absolute Gasteiger partial charge is 0.422 e. The van der Waals surface area contributed by atoms with Crippen LogP contribution in [0, 0.1) is 0 Å². The molecule has 2 aromatic rings. The summed E-state index contributed by atoms with van der Waals surface area (Å²) in [6.45, 7) is -2.20. The summed E-state index contributed by atoms with van der Waals surface area (Å²) in [5.41, 5.74) is 0.513. The highest BCUT2D eigenvalue weighted by Gasteiger charge is 2.29. The fourth-order valence-electron chi connectivity index (χ4n) is 1.82. The minimum absolute atomic E-state index is 0.497. The lowest BCUT2D eigenvalue weighted by Gasteiger charge is -2.10. The van der Waals surface area contributed by atoms with E-state index < -0.39 is 31.3 Å². The molecule has 0 atom stereocenters. The first kappa shape index (κ1) is 16.6. The molecular weight excluding hydrogens is 313 g/mol. The number of rotatable bonds is 4. The Morgan fingerprint density at radius 3 is 2.43 bits per heavy atom. The SMILES string of the molecule is O=C(CNC(=O)OCC(F)(F)F)Nc1ccc2ccccc2c1. The van der Waals surface area contributed by atoms with Gasteiger partial charge in [0.1, 0.15) is 6.54 Å². The summed E-state index contributed by atoms with van der Waals surface area (Å²) in [6.07, 6.45) is -5.92. The van der Waals surface area contributed by atoms with Crippen LogP contribution in [-0.4, -0.2) is 31.3 Å². The number of benzene rings is 2. The Balaban J connectivity index is 1.83. The number of fused-ring (bicyclic) bond motifs is 1. The minimum Gasteiger partial charge on any atom is -0.440 e. The molecule has 8 heteroatoms. The highest BCUT2D eigenvalue weighted by molar-refractivity contribution is 5.96. The zero-order valence-electron chi connectivity index (χ0n) is 11.8. The fourth-order valence-corrected chi connectivity index (χ4v) is 1.82. The number of carbonyl (C=O) groups excluding carboxylic acids is 2. The van der Waals surface area contributed by atoms with E-state index in [0.717, 1.165) is 10.8 Å². The molecule has 0 heterocycles. The molecular formula is C15H13F3N2O3. The van der Waals surface area contributed by atoms with E-state index in [0.29, 0.717) is 5.69 Å². The quantitative estimate of drug-likeness (QED) is 0.907. The number of amides is 2. The van der Waals surface area contributed by atoms with Crippen molar-refractivity contribution in [3.63, 3.8) is 0 Å². The van der Waals surface area contributed by atoms with E-state index >= 15 is 0 Å². The fraction of sp³-hybridized carbons (Fsp3) is 0.200. The van der Waals surface area contributed by atoms with Crippen molar-refractivity contribution in [3.8, 4) is 0 Å². The molecule has 0 aromatic heterocycles. The van der Waals surface area contributed by atoms with Crippen molar-refractivity contribution in [3.05, 3.63) is 42.5 Å². The highest BCUT2D eigenvalue weighted by Crippen LogP contribution is 2.18. The molecule has 0 aliphatic heterocycles. The van der Waals surface area contributed by atoms with E-state index in [1.165, 1.54) is 0 Å². The molecule has 23 heavy (non-hydrogen) atoms. The van der Waals surface area contributed by atoms with Gasteiger partial charge in [0.15, 0.2) is 6.61 Å². The third-order valence-corrected chi connectivity index (χ3v) is 2.79. The summed E-state index contributed by atoms with van der Waals surface area (Å²) in [7, 11) is 0.